The summed E-state index contributed by atoms with van der Waals surface area (Å²) in [5.41, 5.74) is 8.99. The van der Waals surface area contributed by atoms with Crippen LogP contribution in [0.1, 0.15) is 22.3 Å². The number of hydrogen-bond acceptors (Lipinski definition) is 4. The molecule has 0 bridgehead atoms. The molecule has 138 valence electrons. The number of nitrogens with two attached hydrogens (primary N) is 1. The molecule has 2 rings (SSSR count). The second kappa shape index (κ2) is 9.70. The maximum absolute atomic E-state index is 12.0. The highest BCUT2D eigenvalue weighted by Gasteiger charge is 2.09. The molecule has 0 saturated carbocycles. The fourth-order valence-corrected chi connectivity index (χ4v) is 2.56. The zero-order valence-corrected chi connectivity index (χ0v) is 14.9. The third kappa shape index (κ3) is 5.40. The third-order valence-corrected chi connectivity index (χ3v) is 4.05. The number of nitrogens with one attached hydrogen (secondary N) is 1. The van der Waals surface area contributed by atoms with Crippen molar-refractivity contribution in [3.8, 4) is 11.1 Å². The van der Waals surface area contributed by atoms with Gasteiger partial charge in [0.05, 0.1) is 6.54 Å². The van der Waals surface area contributed by atoms with Gasteiger partial charge in [0.2, 0.25) is 5.91 Å². The van der Waals surface area contributed by atoms with Gasteiger partial charge in [-0.15, -0.1) is 0 Å². The summed E-state index contributed by atoms with van der Waals surface area (Å²) >= 11 is 0. The third-order valence-electron chi connectivity index (χ3n) is 4.05. The van der Waals surface area contributed by atoms with Crippen LogP contribution in [0.3, 0.4) is 0 Å². The zero-order valence-electron chi connectivity index (χ0n) is 14.9. The van der Waals surface area contributed by atoms with Gasteiger partial charge in [0.25, 0.3) is 5.91 Å². The highest BCUT2D eigenvalue weighted by molar-refractivity contribution is 5.94. The van der Waals surface area contributed by atoms with Crippen molar-refractivity contribution in [1.82, 2.24) is 10.2 Å². The predicted octanol–water partition coefficient (Wildman–Crippen LogP) is 1.38. The standard InChI is InChI=1S/C20H25N3O3/c1-23(19(25)13-21)14-15-4-2-5-18(12-15)16-6-8-17(9-7-16)20(26)22-10-3-11-24/h2,4-9,12,24H,3,10-11,13-14,21H2,1H3,(H,22,26). The lowest BCUT2D eigenvalue weighted by molar-refractivity contribution is -0.128. The number of amides is 2. The Labute approximate surface area is 153 Å². The van der Waals surface area contributed by atoms with Crippen LogP contribution < -0.4 is 11.1 Å². The highest BCUT2D eigenvalue weighted by Crippen LogP contribution is 2.21. The molecule has 6 nitrogen and oxygen atoms in total. The summed E-state index contributed by atoms with van der Waals surface area (Å²) in [5, 5.41) is 11.5. The van der Waals surface area contributed by atoms with Crippen molar-refractivity contribution in [3.05, 3.63) is 59.7 Å². The Hall–Kier alpha value is -2.70. The minimum atomic E-state index is -0.152. The first-order valence-electron chi connectivity index (χ1n) is 8.57. The predicted molar refractivity (Wildman–Crippen MR) is 101 cm³/mol. The molecule has 2 amide bonds. The first-order chi connectivity index (χ1) is 12.5. The molecule has 0 spiro atoms. The van der Waals surface area contributed by atoms with E-state index >= 15 is 0 Å². The van der Waals surface area contributed by atoms with Crippen molar-refractivity contribution < 1.29 is 14.7 Å². The van der Waals surface area contributed by atoms with Gasteiger partial charge in [0.1, 0.15) is 0 Å². The molecule has 0 aromatic heterocycles. The molecular formula is C20H25N3O3. The van der Waals surface area contributed by atoms with Crippen LogP contribution in [-0.4, -0.2) is 48.6 Å². The maximum Gasteiger partial charge on any atom is 0.251 e. The second-order valence-corrected chi connectivity index (χ2v) is 6.06. The summed E-state index contributed by atoms with van der Waals surface area (Å²) in [4.78, 5) is 25.2. The van der Waals surface area contributed by atoms with E-state index in [-0.39, 0.29) is 25.0 Å². The average molecular weight is 355 g/mol. The quantitative estimate of drug-likeness (QED) is 0.624. The Morgan fingerprint density at radius 1 is 1.12 bits per heavy atom. The fourth-order valence-electron chi connectivity index (χ4n) is 2.56. The molecule has 0 aliphatic heterocycles. The van der Waals surface area contributed by atoms with Crippen LogP contribution in [0.15, 0.2) is 48.5 Å². The van der Waals surface area contributed by atoms with Gasteiger partial charge in [-0.2, -0.15) is 0 Å². The number of carbonyl (C=O) groups is 2. The first-order valence-corrected chi connectivity index (χ1v) is 8.57. The zero-order chi connectivity index (χ0) is 18.9. The number of aliphatic hydroxyl groups is 1. The molecule has 0 aliphatic rings. The molecule has 4 N–H and O–H groups in total. The van der Waals surface area contributed by atoms with Crippen molar-refractivity contribution in [2.75, 3.05) is 26.7 Å². The normalized spacial score (nSPS) is 10.4. The molecule has 2 aromatic carbocycles. The van der Waals surface area contributed by atoms with E-state index in [9.17, 15) is 9.59 Å². The molecule has 0 atom stereocenters. The van der Waals surface area contributed by atoms with Gasteiger partial charge in [-0.1, -0.05) is 30.3 Å². The molecule has 26 heavy (non-hydrogen) atoms. The molecule has 0 saturated heterocycles. The van der Waals surface area contributed by atoms with Gasteiger partial charge in [-0.05, 0) is 41.3 Å². The highest BCUT2D eigenvalue weighted by atomic mass is 16.3. The first kappa shape index (κ1) is 19.6. The number of rotatable bonds is 8. The Morgan fingerprint density at radius 2 is 1.85 bits per heavy atom. The molecule has 0 unspecified atom stereocenters. The summed E-state index contributed by atoms with van der Waals surface area (Å²) in [5.74, 6) is -0.257. The molecule has 0 aliphatic carbocycles. The smallest absolute Gasteiger partial charge is 0.251 e. The van der Waals surface area contributed by atoms with Crippen molar-refractivity contribution in [3.63, 3.8) is 0 Å². The Balaban J connectivity index is 2.08. The Morgan fingerprint density at radius 3 is 2.50 bits per heavy atom. The van der Waals surface area contributed by atoms with E-state index in [1.54, 1.807) is 24.1 Å². The minimum Gasteiger partial charge on any atom is -0.396 e. The average Bonchev–Trinajstić information content (AvgIpc) is 2.67. The summed E-state index contributed by atoms with van der Waals surface area (Å²) in [7, 11) is 1.73. The SMILES string of the molecule is CN(Cc1cccc(-c2ccc(C(=O)NCCCO)cc2)c1)C(=O)CN. The van der Waals surface area contributed by atoms with Gasteiger partial charge in [0, 0.05) is 32.3 Å². The van der Waals surface area contributed by atoms with E-state index in [1.165, 1.54) is 0 Å². The van der Waals surface area contributed by atoms with Crippen LogP contribution >= 0.6 is 0 Å². The summed E-state index contributed by atoms with van der Waals surface area (Å²) in [6.07, 6.45) is 0.539. The molecular weight excluding hydrogens is 330 g/mol. The van der Waals surface area contributed by atoms with Crippen LogP contribution in [0, 0.1) is 0 Å². The molecule has 2 aromatic rings. The number of likely N-dealkylation sites (N-methyl/N-ethyl adjacent to an activating group) is 1. The van der Waals surface area contributed by atoms with E-state index < -0.39 is 0 Å². The molecule has 0 heterocycles. The van der Waals surface area contributed by atoms with Crippen molar-refractivity contribution in [2.24, 2.45) is 5.73 Å². The largest absolute Gasteiger partial charge is 0.396 e. The Kier molecular flexibility index (Phi) is 7.32. The topological polar surface area (TPSA) is 95.7 Å². The second-order valence-electron chi connectivity index (χ2n) is 6.06. The van der Waals surface area contributed by atoms with Gasteiger partial charge in [-0.25, -0.2) is 0 Å². The van der Waals surface area contributed by atoms with Crippen molar-refractivity contribution in [2.45, 2.75) is 13.0 Å². The lowest BCUT2D eigenvalue weighted by atomic mass is 10.0. The number of aliphatic hydroxyl groups excluding tert-OH is 1. The summed E-state index contributed by atoms with van der Waals surface area (Å²) < 4.78 is 0. The van der Waals surface area contributed by atoms with Crippen molar-refractivity contribution >= 4 is 11.8 Å². The number of benzene rings is 2. The molecule has 0 fully saturated rings. The fraction of sp³-hybridized carbons (Fsp3) is 0.300. The Bertz CT molecular complexity index is 744. The number of nitrogens with zero attached hydrogens (tertiary/aromatic N) is 1. The lowest BCUT2D eigenvalue weighted by Gasteiger charge is -2.16. The van der Waals surface area contributed by atoms with Gasteiger partial charge >= 0.3 is 0 Å². The van der Waals surface area contributed by atoms with E-state index in [2.05, 4.69) is 5.32 Å². The lowest BCUT2D eigenvalue weighted by Crippen LogP contribution is -2.32. The van der Waals surface area contributed by atoms with Gasteiger partial charge in [-0.3, -0.25) is 9.59 Å². The van der Waals surface area contributed by atoms with Crippen molar-refractivity contribution in [1.29, 1.82) is 0 Å². The van der Waals surface area contributed by atoms with Crippen LogP contribution in [0.25, 0.3) is 11.1 Å². The van der Waals surface area contributed by atoms with E-state index in [1.807, 2.05) is 36.4 Å². The summed E-state index contributed by atoms with van der Waals surface area (Å²) in [6, 6.07) is 15.3. The monoisotopic (exact) mass is 355 g/mol. The van der Waals surface area contributed by atoms with Crippen LogP contribution in [0.5, 0.6) is 0 Å². The van der Waals surface area contributed by atoms with E-state index in [0.717, 1.165) is 16.7 Å². The summed E-state index contributed by atoms with van der Waals surface area (Å²) in [6.45, 7) is 1.00. The minimum absolute atomic E-state index is 0.00196. The molecule has 6 heteroatoms. The van der Waals surface area contributed by atoms with E-state index in [4.69, 9.17) is 10.8 Å². The van der Waals surface area contributed by atoms with Crippen LogP contribution in [0.4, 0.5) is 0 Å². The number of hydrogen-bond donors (Lipinski definition) is 3. The van der Waals surface area contributed by atoms with Gasteiger partial charge < -0.3 is 21.1 Å². The molecule has 0 radical (unpaired) electrons. The van der Waals surface area contributed by atoms with E-state index in [0.29, 0.717) is 25.1 Å². The van der Waals surface area contributed by atoms with Crippen LogP contribution in [0.2, 0.25) is 0 Å². The van der Waals surface area contributed by atoms with Crippen LogP contribution in [-0.2, 0) is 11.3 Å². The number of carbonyl (C=O) groups excluding carboxylic acids is 2. The van der Waals surface area contributed by atoms with Gasteiger partial charge in [0.15, 0.2) is 0 Å². The maximum atomic E-state index is 12.0.